The van der Waals surface area contributed by atoms with Crippen molar-refractivity contribution in [2.24, 2.45) is 5.41 Å². The van der Waals surface area contributed by atoms with Crippen molar-refractivity contribution in [1.82, 2.24) is 4.90 Å². The van der Waals surface area contributed by atoms with Crippen LogP contribution >= 0.6 is 0 Å². The van der Waals surface area contributed by atoms with E-state index < -0.39 is 23.1 Å². The number of benzene rings is 1. The highest BCUT2D eigenvalue weighted by atomic mass is 16.5. The number of hydrogen-bond donors (Lipinski definition) is 1. The van der Waals surface area contributed by atoms with Crippen LogP contribution in [0.5, 0.6) is 0 Å². The number of hydrogen-bond acceptors (Lipinski definition) is 5. The van der Waals surface area contributed by atoms with E-state index in [1.54, 1.807) is 27.9 Å². The van der Waals surface area contributed by atoms with Crippen LogP contribution in [0.15, 0.2) is 35.6 Å². The van der Waals surface area contributed by atoms with Gasteiger partial charge in [-0.1, -0.05) is 32.9 Å². The molecular formula is C22H32N2O4. The van der Waals surface area contributed by atoms with Crippen molar-refractivity contribution >= 4 is 17.4 Å². The lowest BCUT2D eigenvalue weighted by Crippen LogP contribution is -2.35. The average Bonchev–Trinajstić information content (AvgIpc) is 2.91. The fourth-order valence-corrected chi connectivity index (χ4v) is 3.51. The maximum absolute atomic E-state index is 13.1. The Kier molecular flexibility index (Phi) is 6.88. The highest BCUT2D eigenvalue weighted by Crippen LogP contribution is 2.41. The lowest BCUT2D eigenvalue weighted by molar-refractivity contribution is -0.130. The van der Waals surface area contributed by atoms with Crippen molar-refractivity contribution in [3.05, 3.63) is 41.2 Å². The molecule has 154 valence electrons. The van der Waals surface area contributed by atoms with E-state index in [1.165, 1.54) is 4.90 Å². The zero-order valence-corrected chi connectivity index (χ0v) is 17.8. The zero-order chi connectivity index (χ0) is 21.1. The largest absolute Gasteiger partial charge is 0.503 e. The van der Waals surface area contributed by atoms with Crippen molar-refractivity contribution in [3.63, 3.8) is 0 Å². The van der Waals surface area contributed by atoms with Crippen molar-refractivity contribution in [2.45, 2.75) is 40.7 Å². The van der Waals surface area contributed by atoms with Gasteiger partial charge in [0.2, 0.25) is 0 Å². The van der Waals surface area contributed by atoms with Crippen LogP contribution in [0.2, 0.25) is 0 Å². The normalized spacial score (nSPS) is 17.4. The third-order valence-corrected chi connectivity index (χ3v) is 5.10. The maximum Gasteiger partial charge on any atom is 0.290 e. The third-order valence-electron chi connectivity index (χ3n) is 5.10. The number of ketones is 1. The van der Waals surface area contributed by atoms with Crippen LogP contribution in [0.4, 0.5) is 5.69 Å². The molecule has 6 heteroatoms. The molecule has 28 heavy (non-hydrogen) atoms. The van der Waals surface area contributed by atoms with Gasteiger partial charge in [0, 0.05) is 37.8 Å². The summed E-state index contributed by atoms with van der Waals surface area (Å²) >= 11 is 0. The van der Waals surface area contributed by atoms with E-state index >= 15 is 0 Å². The molecule has 1 aliphatic heterocycles. The minimum absolute atomic E-state index is 0.171. The number of ether oxygens (including phenoxy) is 1. The number of anilines is 1. The van der Waals surface area contributed by atoms with E-state index in [-0.39, 0.29) is 11.4 Å². The molecule has 0 spiro atoms. The van der Waals surface area contributed by atoms with Crippen LogP contribution in [-0.2, 0) is 14.3 Å². The molecular weight excluding hydrogens is 356 g/mol. The van der Waals surface area contributed by atoms with E-state index in [0.29, 0.717) is 13.2 Å². The Hall–Kier alpha value is -2.34. The standard InChI is InChI=1S/C22H32N2O4/c1-7-23(8-2)16-11-9-15(10-12-16)18-17(20(26)22(3,4)5)19(25)21(27)24(18)13-14-28-6/h9-12,18,25H,7-8,13-14H2,1-6H3. The summed E-state index contributed by atoms with van der Waals surface area (Å²) in [6.07, 6.45) is 0. The first-order valence-corrected chi connectivity index (χ1v) is 9.80. The quantitative estimate of drug-likeness (QED) is 0.738. The highest BCUT2D eigenvalue weighted by molar-refractivity contribution is 6.10. The molecule has 1 unspecified atom stereocenters. The molecule has 2 rings (SSSR count). The topological polar surface area (TPSA) is 70.1 Å². The SMILES string of the molecule is CCN(CC)c1ccc(C2C(C(=O)C(C)(C)C)=C(O)C(=O)N2CCOC)cc1. The second-order valence-electron chi connectivity index (χ2n) is 8.00. The van der Waals surface area contributed by atoms with Crippen molar-refractivity contribution < 1.29 is 19.4 Å². The molecule has 1 aromatic rings. The Morgan fingerprint density at radius 2 is 1.75 bits per heavy atom. The minimum atomic E-state index is -0.708. The van der Waals surface area contributed by atoms with Gasteiger partial charge in [0.05, 0.1) is 18.2 Å². The first-order chi connectivity index (χ1) is 13.2. The lowest BCUT2D eigenvalue weighted by Gasteiger charge is -2.29. The second kappa shape index (κ2) is 8.78. The summed E-state index contributed by atoms with van der Waals surface area (Å²) in [5.74, 6) is -1.20. The summed E-state index contributed by atoms with van der Waals surface area (Å²) in [5, 5.41) is 10.5. The van der Waals surface area contributed by atoms with Crippen LogP contribution in [-0.4, -0.2) is 55.0 Å². The molecule has 1 aromatic carbocycles. The summed E-state index contributed by atoms with van der Waals surface area (Å²) in [7, 11) is 1.56. The van der Waals surface area contributed by atoms with Gasteiger partial charge in [-0.2, -0.15) is 0 Å². The fraction of sp³-hybridized carbons (Fsp3) is 0.545. The fourth-order valence-electron chi connectivity index (χ4n) is 3.51. The van der Waals surface area contributed by atoms with Crippen LogP contribution < -0.4 is 4.90 Å². The number of Topliss-reactive ketones (excluding diaryl/α,β-unsaturated/α-hetero) is 1. The minimum Gasteiger partial charge on any atom is -0.503 e. The van der Waals surface area contributed by atoms with Gasteiger partial charge in [0.15, 0.2) is 11.5 Å². The van der Waals surface area contributed by atoms with Gasteiger partial charge in [-0.15, -0.1) is 0 Å². The third kappa shape index (κ3) is 4.22. The Morgan fingerprint density at radius 1 is 1.18 bits per heavy atom. The van der Waals surface area contributed by atoms with Gasteiger partial charge >= 0.3 is 0 Å². The Balaban J connectivity index is 2.50. The van der Waals surface area contributed by atoms with Crippen LogP contribution in [0.25, 0.3) is 0 Å². The summed E-state index contributed by atoms with van der Waals surface area (Å²) in [6.45, 7) is 12.0. The molecule has 0 fully saturated rings. The van der Waals surface area contributed by atoms with Crippen LogP contribution in [0.3, 0.4) is 0 Å². The predicted octanol–water partition coefficient (Wildman–Crippen LogP) is 3.49. The smallest absolute Gasteiger partial charge is 0.290 e. The Bertz CT molecular complexity index is 743. The molecule has 0 saturated carbocycles. The molecule has 1 heterocycles. The Morgan fingerprint density at radius 3 is 2.21 bits per heavy atom. The highest BCUT2D eigenvalue weighted by Gasteiger charge is 2.45. The number of aliphatic hydroxyl groups excluding tert-OH is 1. The Labute approximate surface area is 167 Å². The van der Waals surface area contributed by atoms with Gasteiger partial charge in [0.25, 0.3) is 5.91 Å². The molecule has 0 bridgehead atoms. The number of carbonyl (C=O) groups excluding carboxylic acids is 2. The van der Waals surface area contributed by atoms with Gasteiger partial charge in [0.1, 0.15) is 0 Å². The van der Waals surface area contributed by atoms with E-state index in [4.69, 9.17) is 4.74 Å². The first-order valence-electron chi connectivity index (χ1n) is 9.80. The number of rotatable bonds is 8. The van der Waals surface area contributed by atoms with Gasteiger partial charge in [-0.3, -0.25) is 9.59 Å². The van der Waals surface area contributed by atoms with E-state index in [2.05, 4.69) is 18.7 Å². The van der Waals surface area contributed by atoms with E-state index in [9.17, 15) is 14.7 Å². The molecule has 6 nitrogen and oxygen atoms in total. The number of nitrogens with zero attached hydrogens (tertiary/aromatic N) is 2. The molecule has 0 radical (unpaired) electrons. The molecule has 1 amide bonds. The number of carbonyl (C=O) groups is 2. The maximum atomic E-state index is 13.1. The second-order valence-corrected chi connectivity index (χ2v) is 8.00. The van der Waals surface area contributed by atoms with Gasteiger partial charge < -0.3 is 19.6 Å². The number of aliphatic hydroxyl groups is 1. The zero-order valence-electron chi connectivity index (χ0n) is 17.8. The van der Waals surface area contributed by atoms with Crippen molar-refractivity contribution in [2.75, 3.05) is 38.3 Å². The number of amides is 1. The predicted molar refractivity (Wildman–Crippen MR) is 110 cm³/mol. The molecule has 1 N–H and O–H groups in total. The van der Waals surface area contributed by atoms with E-state index in [1.807, 2.05) is 24.3 Å². The first kappa shape index (κ1) is 22.0. The summed E-state index contributed by atoms with van der Waals surface area (Å²) in [5.41, 5.74) is 1.35. The molecule has 0 aliphatic carbocycles. The van der Waals surface area contributed by atoms with Crippen molar-refractivity contribution in [3.8, 4) is 0 Å². The molecule has 1 aliphatic rings. The van der Waals surface area contributed by atoms with Crippen LogP contribution in [0.1, 0.15) is 46.2 Å². The van der Waals surface area contributed by atoms with Crippen molar-refractivity contribution in [1.29, 1.82) is 0 Å². The summed E-state index contributed by atoms with van der Waals surface area (Å²) in [6, 6.07) is 7.24. The lowest BCUT2D eigenvalue weighted by atomic mass is 9.82. The number of methoxy groups -OCH3 is 1. The van der Waals surface area contributed by atoms with Gasteiger partial charge in [-0.05, 0) is 31.5 Å². The summed E-state index contributed by atoms with van der Waals surface area (Å²) in [4.78, 5) is 29.5. The average molecular weight is 389 g/mol. The van der Waals surface area contributed by atoms with E-state index in [0.717, 1.165) is 24.3 Å². The monoisotopic (exact) mass is 388 g/mol. The van der Waals surface area contributed by atoms with Gasteiger partial charge in [-0.25, -0.2) is 0 Å². The molecule has 1 atom stereocenters. The molecule has 0 aromatic heterocycles. The molecule has 0 saturated heterocycles. The van der Waals surface area contributed by atoms with Crippen LogP contribution in [0, 0.1) is 5.41 Å². The summed E-state index contributed by atoms with van der Waals surface area (Å²) < 4.78 is 5.13.